The molecular weight excluding hydrogens is 436 g/mol. The van der Waals surface area contributed by atoms with E-state index in [4.69, 9.17) is 15.6 Å². The molecule has 4 rings (SSSR count). The van der Waals surface area contributed by atoms with Crippen LogP contribution >= 0.6 is 0 Å². The van der Waals surface area contributed by atoms with E-state index in [9.17, 15) is 4.79 Å². The van der Waals surface area contributed by atoms with Gasteiger partial charge in [-0.2, -0.15) is 0 Å². The van der Waals surface area contributed by atoms with E-state index in [1.165, 1.54) is 5.56 Å². The highest BCUT2D eigenvalue weighted by molar-refractivity contribution is 6.07. The lowest BCUT2D eigenvalue weighted by Crippen LogP contribution is -2.34. The third-order valence-corrected chi connectivity index (χ3v) is 6.60. The SMILES string of the molecule is Cc1ccc(-c2ccc3c(c2)C=C(C(=O)Nc2ccc(C(C)(N)CCCO)c(C)c2)CCO3)cc1. The van der Waals surface area contributed by atoms with Crippen LogP contribution in [0, 0.1) is 13.8 Å². The second kappa shape index (κ2) is 10.5. The number of carbonyl (C=O) groups is 1. The fourth-order valence-corrected chi connectivity index (χ4v) is 4.60. The number of amides is 1. The van der Waals surface area contributed by atoms with Gasteiger partial charge in [0.15, 0.2) is 0 Å². The molecule has 0 saturated heterocycles. The molecule has 1 atom stereocenters. The van der Waals surface area contributed by atoms with Crippen molar-refractivity contribution < 1.29 is 14.6 Å². The maximum atomic E-state index is 13.2. The van der Waals surface area contributed by atoms with E-state index >= 15 is 0 Å². The minimum atomic E-state index is -0.532. The van der Waals surface area contributed by atoms with Crippen LogP contribution in [0.3, 0.4) is 0 Å². The van der Waals surface area contributed by atoms with Crippen LogP contribution in [0.1, 0.15) is 48.4 Å². The van der Waals surface area contributed by atoms with Gasteiger partial charge < -0.3 is 20.9 Å². The number of hydrogen-bond acceptors (Lipinski definition) is 4. The zero-order chi connectivity index (χ0) is 25.0. The summed E-state index contributed by atoms with van der Waals surface area (Å²) in [4.78, 5) is 13.2. The second-order valence-corrected chi connectivity index (χ2v) is 9.62. The molecule has 1 heterocycles. The zero-order valence-corrected chi connectivity index (χ0v) is 20.7. The monoisotopic (exact) mass is 470 g/mol. The van der Waals surface area contributed by atoms with Crippen molar-refractivity contribution in [2.24, 2.45) is 5.73 Å². The van der Waals surface area contributed by atoms with Crippen LogP contribution in [0.25, 0.3) is 17.2 Å². The first kappa shape index (κ1) is 24.7. The molecule has 1 aliphatic heterocycles. The van der Waals surface area contributed by atoms with E-state index in [1.807, 2.05) is 44.2 Å². The fourth-order valence-electron chi connectivity index (χ4n) is 4.60. The molecule has 0 aromatic heterocycles. The molecule has 35 heavy (non-hydrogen) atoms. The number of benzene rings is 3. The van der Waals surface area contributed by atoms with E-state index in [1.54, 1.807) is 0 Å². The maximum absolute atomic E-state index is 13.2. The predicted molar refractivity (Wildman–Crippen MR) is 142 cm³/mol. The molecule has 0 aliphatic carbocycles. The molecule has 5 nitrogen and oxygen atoms in total. The number of nitrogens with two attached hydrogens (primary N) is 1. The highest BCUT2D eigenvalue weighted by atomic mass is 16.5. The van der Waals surface area contributed by atoms with Gasteiger partial charge in [-0.05, 0) is 86.2 Å². The summed E-state index contributed by atoms with van der Waals surface area (Å²) < 4.78 is 5.93. The van der Waals surface area contributed by atoms with Crippen molar-refractivity contribution in [2.75, 3.05) is 18.5 Å². The minimum absolute atomic E-state index is 0.119. The first-order valence-corrected chi connectivity index (χ1v) is 12.1. The number of aliphatic hydroxyl groups excluding tert-OH is 1. The van der Waals surface area contributed by atoms with E-state index < -0.39 is 5.54 Å². The van der Waals surface area contributed by atoms with Crippen molar-refractivity contribution in [3.8, 4) is 16.9 Å². The molecule has 0 spiro atoms. The largest absolute Gasteiger partial charge is 0.493 e. The van der Waals surface area contributed by atoms with Gasteiger partial charge in [-0.3, -0.25) is 4.79 Å². The summed E-state index contributed by atoms with van der Waals surface area (Å²) in [6.45, 7) is 6.61. The van der Waals surface area contributed by atoms with Crippen LogP contribution in [-0.2, 0) is 10.3 Å². The van der Waals surface area contributed by atoms with Gasteiger partial charge in [0.1, 0.15) is 5.75 Å². The Kier molecular flexibility index (Phi) is 7.39. The molecule has 4 N–H and O–H groups in total. The number of anilines is 1. The quantitative estimate of drug-likeness (QED) is 0.412. The van der Waals surface area contributed by atoms with Crippen molar-refractivity contribution in [1.29, 1.82) is 0 Å². The Morgan fingerprint density at radius 3 is 2.51 bits per heavy atom. The molecule has 1 unspecified atom stereocenters. The van der Waals surface area contributed by atoms with E-state index in [2.05, 4.69) is 48.6 Å². The summed E-state index contributed by atoms with van der Waals surface area (Å²) in [5.74, 6) is 0.652. The van der Waals surface area contributed by atoms with E-state index in [-0.39, 0.29) is 12.5 Å². The lowest BCUT2D eigenvalue weighted by atomic mass is 9.85. The van der Waals surface area contributed by atoms with Crippen LogP contribution in [0.15, 0.2) is 66.2 Å². The zero-order valence-electron chi connectivity index (χ0n) is 20.7. The summed E-state index contributed by atoms with van der Waals surface area (Å²) >= 11 is 0. The Balaban J connectivity index is 1.55. The minimum Gasteiger partial charge on any atom is -0.493 e. The van der Waals surface area contributed by atoms with Crippen molar-refractivity contribution in [2.45, 2.75) is 45.6 Å². The topological polar surface area (TPSA) is 84.6 Å². The van der Waals surface area contributed by atoms with Gasteiger partial charge in [-0.25, -0.2) is 0 Å². The normalized spacial score (nSPS) is 14.7. The molecule has 0 fully saturated rings. The molecule has 0 bridgehead atoms. The standard InChI is InChI=1S/C30H34N2O3/c1-20-5-7-22(8-6-20)23-9-12-28-25(18-23)19-24(13-16-35-28)29(34)32-26-10-11-27(21(2)17-26)30(3,31)14-4-15-33/h5-12,17-19,33H,4,13-16,31H2,1-3H3,(H,32,34). The van der Waals surface area contributed by atoms with E-state index in [0.29, 0.717) is 31.4 Å². The highest BCUT2D eigenvalue weighted by Gasteiger charge is 2.23. The van der Waals surface area contributed by atoms with Gasteiger partial charge in [-0.1, -0.05) is 42.0 Å². The van der Waals surface area contributed by atoms with E-state index in [0.717, 1.165) is 39.3 Å². The first-order chi connectivity index (χ1) is 16.8. The third-order valence-electron chi connectivity index (χ3n) is 6.60. The summed E-state index contributed by atoms with van der Waals surface area (Å²) in [7, 11) is 0. The number of aliphatic hydroxyl groups is 1. The highest BCUT2D eigenvalue weighted by Crippen LogP contribution is 2.32. The molecule has 3 aromatic carbocycles. The molecule has 0 saturated carbocycles. The van der Waals surface area contributed by atoms with Crippen molar-refractivity contribution >= 4 is 17.7 Å². The average Bonchev–Trinajstić information content (AvgIpc) is 3.05. The Morgan fingerprint density at radius 2 is 1.80 bits per heavy atom. The van der Waals surface area contributed by atoms with Crippen molar-refractivity contribution in [3.05, 3.63) is 88.5 Å². The van der Waals surface area contributed by atoms with Crippen LogP contribution in [0.4, 0.5) is 5.69 Å². The Bertz CT molecular complexity index is 1240. The van der Waals surface area contributed by atoms with Crippen molar-refractivity contribution in [3.63, 3.8) is 0 Å². The van der Waals surface area contributed by atoms with Gasteiger partial charge in [0.2, 0.25) is 0 Å². The molecular formula is C30H34N2O3. The molecule has 5 heteroatoms. The summed E-state index contributed by atoms with van der Waals surface area (Å²) in [5.41, 5.74) is 13.7. The van der Waals surface area contributed by atoms with Gasteiger partial charge in [0.05, 0.1) is 6.61 Å². The third kappa shape index (κ3) is 5.81. The summed E-state index contributed by atoms with van der Waals surface area (Å²) in [5, 5.41) is 12.2. The summed E-state index contributed by atoms with van der Waals surface area (Å²) in [6.07, 6.45) is 3.79. The van der Waals surface area contributed by atoms with Crippen molar-refractivity contribution in [1.82, 2.24) is 0 Å². The number of fused-ring (bicyclic) bond motifs is 1. The maximum Gasteiger partial charge on any atom is 0.251 e. The van der Waals surface area contributed by atoms with Crippen LogP contribution in [-0.4, -0.2) is 24.2 Å². The number of hydrogen-bond donors (Lipinski definition) is 3. The predicted octanol–water partition coefficient (Wildman–Crippen LogP) is 5.72. The molecule has 3 aromatic rings. The molecule has 1 amide bonds. The summed E-state index contributed by atoms with van der Waals surface area (Å²) in [6, 6.07) is 20.3. The van der Waals surface area contributed by atoms with Gasteiger partial charge in [-0.15, -0.1) is 0 Å². The smallest absolute Gasteiger partial charge is 0.251 e. The number of nitrogens with one attached hydrogen (secondary N) is 1. The molecule has 1 aliphatic rings. The Labute approximate surface area is 207 Å². The molecule has 182 valence electrons. The van der Waals surface area contributed by atoms with Gasteiger partial charge in [0.25, 0.3) is 5.91 Å². The second-order valence-electron chi connectivity index (χ2n) is 9.62. The number of aryl methyl sites for hydroxylation is 2. The average molecular weight is 471 g/mol. The van der Waals surface area contributed by atoms with Crippen LogP contribution in [0.2, 0.25) is 0 Å². The van der Waals surface area contributed by atoms with Crippen LogP contribution in [0.5, 0.6) is 5.75 Å². The first-order valence-electron chi connectivity index (χ1n) is 12.1. The van der Waals surface area contributed by atoms with Crippen LogP contribution < -0.4 is 15.8 Å². The fraction of sp³-hybridized carbons (Fsp3) is 0.300. The number of rotatable bonds is 7. The Morgan fingerprint density at radius 1 is 1.06 bits per heavy atom. The van der Waals surface area contributed by atoms with Gasteiger partial charge in [0, 0.05) is 35.4 Å². The molecule has 0 radical (unpaired) electrons. The lowest BCUT2D eigenvalue weighted by molar-refractivity contribution is -0.113. The number of carbonyl (C=O) groups excluding carboxylic acids is 1. The Hall–Kier alpha value is -3.41. The number of ether oxygens (including phenoxy) is 1. The lowest BCUT2D eigenvalue weighted by Gasteiger charge is -2.27. The van der Waals surface area contributed by atoms with Gasteiger partial charge >= 0.3 is 0 Å².